The van der Waals surface area contributed by atoms with Gasteiger partial charge in [-0.2, -0.15) is 0 Å². The van der Waals surface area contributed by atoms with Crippen LogP contribution in [0.1, 0.15) is 6.42 Å². The minimum absolute atomic E-state index is 0.136. The first-order chi connectivity index (χ1) is 5.52. The molecule has 1 unspecified atom stereocenters. The molecule has 70 valence electrons. The summed E-state index contributed by atoms with van der Waals surface area (Å²) in [5, 5.41) is -0.213. The van der Waals surface area contributed by atoms with E-state index >= 15 is 0 Å². The molecule has 0 aromatic rings. The molecular weight excluding hydrogens is 200 g/mol. The summed E-state index contributed by atoms with van der Waals surface area (Å²) >= 11 is 5.43. The SMILES string of the molecule is C=C(Cl)CS(=O)(=O)C1CCOC1. The fourth-order valence-electron chi connectivity index (χ4n) is 1.13. The van der Waals surface area contributed by atoms with E-state index in [1.165, 1.54) is 0 Å². The van der Waals surface area contributed by atoms with E-state index in [0.29, 0.717) is 19.6 Å². The molecule has 0 saturated carbocycles. The van der Waals surface area contributed by atoms with Crippen LogP contribution in [-0.4, -0.2) is 32.6 Å². The number of sulfone groups is 1. The van der Waals surface area contributed by atoms with Crippen LogP contribution in [-0.2, 0) is 14.6 Å². The van der Waals surface area contributed by atoms with Crippen LogP contribution in [0, 0.1) is 0 Å². The number of hydrogen-bond acceptors (Lipinski definition) is 3. The van der Waals surface area contributed by atoms with Crippen LogP contribution in [0.5, 0.6) is 0 Å². The maximum absolute atomic E-state index is 11.4. The molecule has 1 rings (SSSR count). The summed E-state index contributed by atoms with van der Waals surface area (Å²) in [4.78, 5) is 0. The van der Waals surface area contributed by atoms with Gasteiger partial charge in [-0.1, -0.05) is 18.2 Å². The van der Waals surface area contributed by atoms with Crippen molar-refractivity contribution in [3.8, 4) is 0 Å². The van der Waals surface area contributed by atoms with Crippen molar-refractivity contribution in [1.29, 1.82) is 0 Å². The summed E-state index contributed by atoms with van der Waals surface area (Å²) in [5.41, 5.74) is 0. The van der Waals surface area contributed by atoms with Crippen LogP contribution in [0.2, 0.25) is 0 Å². The molecule has 0 amide bonds. The molecule has 0 bridgehead atoms. The van der Waals surface area contributed by atoms with Crippen molar-refractivity contribution in [1.82, 2.24) is 0 Å². The van der Waals surface area contributed by atoms with Gasteiger partial charge in [0.15, 0.2) is 9.84 Å². The van der Waals surface area contributed by atoms with Gasteiger partial charge in [0.25, 0.3) is 0 Å². The molecule has 0 radical (unpaired) electrons. The van der Waals surface area contributed by atoms with Gasteiger partial charge in [0.05, 0.1) is 17.6 Å². The molecule has 0 aliphatic carbocycles. The Kier molecular flexibility index (Phi) is 3.15. The molecule has 0 aromatic heterocycles. The lowest BCUT2D eigenvalue weighted by atomic mass is 10.4. The van der Waals surface area contributed by atoms with Gasteiger partial charge < -0.3 is 4.74 Å². The molecule has 1 atom stereocenters. The summed E-state index contributed by atoms with van der Waals surface area (Å²) in [7, 11) is -3.12. The zero-order valence-electron chi connectivity index (χ0n) is 6.62. The highest BCUT2D eigenvalue weighted by Gasteiger charge is 2.29. The average Bonchev–Trinajstić information content (AvgIpc) is 2.32. The lowest BCUT2D eigenvalue weighted by molar-refractivity contribution is 0.198. The van der Waals surface area contributed by atoms with Crippen LogP contribution < -0.4 is 0 Å². The zero-order valence-corrected chi connectivity index (χ0v) is 8.20. The zero-order chi connectivity index (χ0) is 9.19. The molecule has 1 aliphatic rings. The molecule has 1 saturated heterocycles. The van der Waals surface area contributed by atoms with Crippen molar-refractivity contribution in [2.45, 2.75) is 11.7 Å². The maximum atomic E-state index is 11.4. The van der Waals surface area contributed by atoms with E-state index in [0.717, 1.165) is 0 Å². The highest BCUT2D eigenvalue weighted by Crippen LogP contribution is 2.17. The molecule has 12 heavy (non-hydrogen) atoms. The van der Waals surface area contributed by atoms with Gasteiger partial charge in [-0.15, -0.1) is 0 Å². The monoisotopic (exact) mass is 210 g/mol. The highest BCUT2D eigenvalue weighted by molar-refractivity contribution is 7.92. The van der Waals surface area contributed by atoms with Gasteiger partial charge >= 0.3 is 0 Å². The molecule has 1 heterocycles. The summed E-state index contributed by atoms with van der Waals surface area (Å²) in [6, 6.07) is 0. The van der Waals surface area contributed by atoms with Crippen LogP contribution in [0.15, 0.2) is 11.6 Å². The summed E-state index contributed by atoms with van der Waals surface area (Å²) in [5.74, 6) is -0.136. The molecule has 5 heteroatoms. The smallest absolute Gasteiger partial charge is 0.160 e. The first kappa shape index (κ1) is 10.0. The summed E-state index contributed by atoms with van der Waals surface area (Å²) < 4.78 is 27.8. The lowest BCUT2D eigenvalue weighted by Gasteiger charge is -2.07. The van der Waals surface area contributed by atoms with Crippen molar-refractivity contribution in [2.24, 2.45) is 0 Å². The third kappa shape index (κ3) is 2.47. The Morgan fingerprint density at radius 3 is 2.75 bits per heavy atom. The fraction of sp³-hybridized carbons (Fsp3) is 0.714. The standard InChI is InChI=1S/C7H11ClO3S/c1-6(8)5-12(9,10)7-2-3-11-4-7/h7H,1-5H2. The third-order valence-electron chi connectivity index (χ3n) is 1.75. The fourth-order valence-corrected chi connectivity index (χ4v) is 3.02. The predicted molar refractivity (Wildman–Crippen MR) is 48.0 cm³/mol. The van der Waals surface area contributed by atoms with Gasteiger partial charge in [-0.05, 0) is 6.42 Å². The van der Waals surface area contributed by atoms with Gasteiger partial charge in [-0.3, -0.25) is 0 Å². The van der Waals surface area contributed by atoms with E-state index in [2.05, 4.69) is 6.58 Å². The normalized spacial score (nSPS) is 24.2. The Morgan fingerprint density at radius 1 is 1.67 bits per heavy atom. The quantitative estimate of drug-likeness (QED) is 0.697. The topological polar surface area (TPSA) is 43.4 Å². The molecule has 1 aliphatic heterocycles. The predicted octanol–water partition coefficient (Wildman–Crippen LogP) is 0.943. The Bertz CT molecular complexity index is 264. The second kappa shape index (κ2) is 3.77. The van der Waals surface area contributed by atoms with Gasteiger partial charge in [-0.25, -0.2) is 8.42 Å². The first-order valence-corrected chi connectivity index (χ1v) is 5.74. The molecule has 1 fully saturated rings. The van der Waals surface area contributed by atoms with E-state index in [-0.39, 0.29) is 16.0 Å². The molecule has 0 N–H and O–H groups in total. The van der Waals surface area contributed by atoms with Crippen LogP contribution in [0.4, 0.5) is 0 Å². The summed E-state index contributed by atoms with van der Waals surface area (Å²) in [6.45, 7) is 4.18. The van der Waals surface area contributed by atoms with Crippen LogP contribution in [0.25, 0.3) is 0 Å². The van der Waals surface area contributed by atoms with Crippen LogP contribution in [0.3, 0.4) is 0 Å². The lowest BCUT2D eigenvalue weighted by Crippen LogP contribution is -2.24. The highest BCUT2D eigenvalue weighted by atomic mass is 35.5. The third-order valence-corrected chi connectivity index (χ3v) is 4.18. The van der Waals surface area contributed by atoms with Crippen molar-refractivity contribution in [3.63, 3.8) is 0 Å². The Labute approximate surface area is 77.3 Å². The van der Waals surface area contributed by atoms with E-state index in [1.807, 2.05) is 0 Å². The van der Waals surface area contributed by atoms with E-state index in [9.17, 15) is 8.42 Å². The number of rotatable bonds is 3. The first-order valence-electron chi connectivity index (χ1n) is 3.65. The number of hydrogen-bond donors (Lipinski definition) is 0. The van der Waals surface area contributed by atoms with Gasteiger partial charge in [0.2, 0.25) is 0 Å². The largest absolute Gasteiger partial charge is 0.380 e. The molecular formula is C7H11ClO3S. The van der Waals surface area contributed by atoms with E-state index in [4.69, 9.17) is 16.3 Å². The average molecular weight is 211 g/mol. The van der Waals surface area contributed by atoms with E-state index in [1.54, 1.807) is 0 Å². The maximum Gasteiger partial charge on any atom is 0.160 e. The molecule has 3 nitrogen and oxygen atoms in total. The molecule has 0 aromatic carbocycles. The second-order valence-electron chi connectivity index (χ2n) is 2.81. The van der Waals surface area contributed by atoms with Crippen molar-refractivity contribution >= 4 is 21.4 Å². The Morgan fingerprint density at radius 2 is 2.33 bits per heavy atom. The Balaban J connectivity index is 2.64. The van der Waals surface area contributed by atoms with E-state index < -0.39 is 9.84 Å². The van der Waals surface area contributed by atoms with Crippen molar-refractivity contribution < 1.29 is 13.2 Å². The molecule has 0 spiro atoms. The summed E-state index contributed by atoms with van der Waals surface area (Å²) in [6.07, 6.45) is 0.576. The van der Waals surface area contributed by atoms with Crippen molar-refractivity contribution in [2.75, 3.05) is 19.0 Å². The minimum atomic E-state index is -3.12. The minimum Gasteiger partial charge on any atom is -0.380 e. The van der Waals surface area contributed by atoms with Gasteiger partial charge in [0.1, 0.15) is 0 Å². The van der Waals surface area contributed by atoms with Crippen LogP contribution >= 0.6 is 11.6 Å². The van der Waals surface area contributed by atoms with Crippen molar-refractivity contribution in [3.05, 3.63) is 11.6 Å². The number of ether oxygens (including phenoxy) is 1. The Hall–Kier alpha value is -0.0600. The number of halogens is 1. The second-order valence-corrected chi connectivity index (χ2v) is 5.63. The van der Waals surface area contributed by atoms with Gasteiger partial charge in [0, 0.05) is 11.6 Å².